The van der Waals surface area contributed by atoms with E-state index in [9.17, 15) is 10.1 Å². The molecule has 5 heterocycles. The van der Waals surface area contributed by atoms with E-state index in [0.717, 1.165) is 80.2 Å². The number of nitro benzene ring substituents is 1. The molecule has 6 rings (SSSR count). The first-order chi connectivity index (χ1) is 17.2. The molecule has 0 amide bonds. The molecule has 2 saturated heterocycles. The van der Waals surface area contributed by atoms with Gasteiger partial charge in [0, 0.05) is 38.3 Å². The molecule has 0 radical (unpaired) electrons. The highest BCUT2D eigenvalue weighted by Crippen LogP contribution is 2.51. The number of aromatic nitrogens is 4. The minimum Gasteiger partial charge on any atom is -0.420 e. The predicted octanol–water partition coefficient (Wildman–Crippen LogP) is 4.44. The van der Waals surface area contributed by atoms with Crippen LogP contribution in [0.3, 0.4) is 0 Å². The number of ether oxygens (including phenoxy) is 1. The van der Waals surface area contributed by atoms with Gasteiger partial charge in [-0.05, 0) is 44.1 Å². The standard InChI is InChI=1S/C25H27N7O3/c33-32(34)18-9-7-8-17(14-18)19-20-22(30-10-3-1-4-11-30)26-15-28-24(20)35-25-21(19)23(27-16-29-25)31-12-5-2-6-13-31/h7-9,14-16,19H,1-6,10-13H2. The Morgan fingerprint density at radius 3 is 1.86 bits per heavy atom. The van der Waals surface area contributed by atoms with Gasteiger partial charge in [0.15, 0.2) is 0 Å². The average Bonchev–Trinajstić information content (AvgIpc) is 2.92. The number of non-ortho nitro benzene ring substituents is 1. The molecule has 3 aliphatic heterocycles. The summed E-state index contributed by atoms with van der Waals surface area (Å²) in [4.78, 5) is 34.3. The number of piperidine rings is 2. The van der Waals surface area contributed by atoms with Gasteiger partial charge in [-0.25, -0.2) is 19.9 Å². The molecule has 10 heteroatoms. The maximum absolute atomic E-state index is 11.7. The Hall–Kier alpha value is -3.82. The van der Waals surface area contributed by atoms with Gasteiger partial charge in [0.05, 0.1) is 22.0 Å². The summed E-state index contributed by atoms with van der Waals surface area (Å²) < 4.78 is 6.28. The summed E-state index contributed by atoms with van der Waals surface area (Å²) in [5.74, 6) is 2.17. The predicted molar refractivity (Wildman–Crippen MR) is 130 cm³/mol. The van der Waals surface area contributed by atoms with Crippen molar-refractivity contribution < 1.29 is 9.66 Å². The SMILES string of the molecule is O=[N+]([O-])c1cccc(C2c3c(ncnc3N3CCCCC3)Oc3ncnc(N4CCCCC4)c32)c1. The van der Waals surface area contributed by atoms with Crippen molar-refractivity contribution in [2.24, 2.45) is 0 Å². The van der Waals surface area contributed by atoms with E-state index in [1.807, 2.05) is 6.07 Å². The van der Waals surface area contributed by atoms with E-state index in [-0.39, 0.29) is 16.5 Å². The van der Waals surface area contributed by atoms with E-state index < -0.39 is 0 Å². The molecular formula is C25H27N7O3. The number of nitrogens with zero attached hydrogens (tertiary/aromatic N) is 7. The molecule has 3 aliphatic rings. The fourth-order valence-corrected chi connectivity index (χ4v) is 5.51. The Morgan fingerprint density at radius 2 is 1.34 bits per heavy atom. The van der Waals surface area contributed by atoms with Gasteiger partial charge < -0.3 is 14.5 Å². The van der Waals surface area contributed by atoms with Crippen molar-refractivity contribution in [3.05, 3.63) is 63.7 Å². The minimum absolute atomic E-state index is 0.0461. The van der Waals surface area contributed by atoms with Crippen LogP contribution < -0.4 is 14.5 Å². The number of benzene rings is 1. The Balaban J connectivity index is 1.58. The largest absolute Gasteiger partial charge is 0.420 e. The van der Waals surface area contributed by atoms with Gasteiger partial charge in [0.1, 0.15) is 24.3 Å². The summed E-state index contributed by atoms with van der Waals surface area (Å²) in [6.45, 7) is 3.62. The molecule has 35 heavy (non-hydrogen) atoms. The number of anilines is 2. The number of hydrogen-bond acceptors (Lipinski definition) is 9. The van der Waals surface area contributed by atoms with Gasteiger partial charge in [0.25, 0.3) is 5.69 Å². The van der Waals surface area contributed by atoms with Gasteiger partial charge in [-0.3, -0.25) is 10.1 Å². The molecule has 3 aromatic rings. The second-order valence-corrected chi connectivity index (χ2v) is 9.31. The summed E-state index contributed by atoms with van der Waals surface area (Å²) in [5.41, 5.74) is 2.49. The summed E-state index contributed by atoms with van der Waals surface area (Å²) >= 11 is 0. The highest BCUT2D eigenvalue weighted by molar-refractivity contribution is 5.69. The third-order valence-corrected chi connectivity index (χ3v) is 7.15. The molecule has 0 spiro atoms. The zero-order chi connectivity index (χ0) is 23.8. The van der Waals surface area contributed by atoms with Gasteiger partial charge in [-0.15, -0.1) is 0 Å². The number of hydrogen-bond donors (Lipinski definition) is 0. The van der Waals surface area contributed by atoms with Gasteiger partial charge in [-0.1, -0.05) is 12.1 Å². The Bertz CT molecular complexity index is 1190. The molecule has 0 bridgehead atoms. The van der Waals surface area contributed by atoms with Crippen LogP contribution in [0.4, 0.5) is 17.3 Å². The van der Waals surface area contributed by atoms with Crippen molar-refractivity contribution in [3.63, 3.8) is 0 Å². The zero-order valence-electron chi connectivity index (χ0n) is 19.5. The summed E-state index contributed by atoms with van der Waals surface area (Å²) in [6, 6.07) is 6.82. The third-order valence-electron chi connectivity index (χ3n) is 7.15. The number of rotatable bonds is 4. The van der Waals surface area contributed by atoms with Crippen molar-refractivity contribution in [1.29, 1.82) is 0 Å². The number of fused-ring (bicyclic) bond motifs is 2. The fourth-order valence-electron chi connectivity index (χ4n) is 5.51. The third kappa shape index (κ3) is 3.92. The van der Waals surface area contributed by atoms with Crippen molar-refractivity contribution in [2.75, 3.05) is 36.0 Å². The van der Waals surface area contributed by atoms with Crippen LogP contribution >= 0.6 is 0 Å². The Labute approximate surface area is 203 Å². The highest BCUT2D eigenvalue weighted by Gasteiger charge is 2.39. The molecule has 0 unspecified atom stereocenters. The summed E-state index contributed by atoms with van der Waals surface area (Å²) in [5, 5.41) is 11.7. The van der Waals surface area contributed by atoms with Crippen LogP contribution in [0, 0.1) is 10.1 Å². The molecule has 2 aromatic heterocycles. The second kappa shape index (κ2) is 9.09. The second-order valence-electron chi connectivity index (χ2n) is 9.31. The number of nitro groups is 1. The maximum Gasteiger partial charge on any atom is 0.269 e. The van der Waals surface area contributed by atoms with E-state index in [1.54, 1.807) is 12.1 Å². The Kier molecular flexibility index (Phi) is 5.63. The highest BCUT2D eigenvalue weighted by atomic mass is 16.6. The van der Waals surface area contributed by atoms with Gasteiger partial charge >= 0.3 is 0 Å². The lowest BCUT2D eigenvalue weighted by atomic mass is 9.83. The summed E-state index contributed by atoms with van der Waals surface area (Å²) in [7, 11) is 0. The van der Waals surface area contributed by atoms with Crippen LogP contribution in [-0.4, -0.2) is 51.0 Å². The molecular weight excluding hydrogens is 446 g/mol. The van der Waals surface area contributed by atoms with Crippen LogP contribution in [0.2, 0.25) is 0 Å². The van der Waals surface area contributed by atoms with E-state index >= 15 is 0 Å². The molecule has 0 atom stereocenters. The monoisotopic (exact) mass is 473 g/mol. The first-order valence-electron chi connectivity index (χ1n) is 12.3. The van der Waals surface area contributed by atoms with Crippen molar-refractivity contribution in [2.45, 2.75) is 44.4 Å². The molecule has 0 saturated carbocycles. The van der Waals surface area contributed by atoms with E-state index in [1.165, 1.54) is 31.6 Å². The first kappa shape index (κ1) is 21.7. The topological polar surface area (TPSA) is 110 Å². The zero-order valence-corrected chi connectivity index (χ0v) is 19.5. The first-order valence-corrected chi connectivity index (χ1v) is 12.3. The fraction of sp³-hybridized carbons (Fsp3) is 0.440. The molecule has 180 valence electrons. The summed E-state index contributed by atoms with van der Waals surface area (Å²) in [6.07, 6.45) is 9.85. The van der Waals surface area contributed by atoms with Crippen molar-refractivity contribution in [3.8, 4) is 11.8 Å². The lowest BCUT2D eigenvalue weighted by molar-refractivity contribution is -0.384. The smallest absolute Gasteiger partial charge is 0.269 e. The molecule has 10 nitrogen and oxygen atoms in total. The molecule has 2 fully saturated rings. The van der Waals surface area contributed by atoms with Crippen LogP contribution in [0.15, 0.2) is 36.9 Å². The molecule has 1 aromatic carbocycles. The van der Waals surface area contributed by atoms with Crippen LogP contribution in [-0.2, 0) is 0 Å². The van der Waals surface area contributed by atoms with E-state index in [0.29, 0.717) is 11.8 Å². The van der Waals surface area contributed by atoms with Gasteiger partial charge in [-0.2, -0.15) is 0 Å². The van der Waals surface area contributed by atoms with Gasteiger partial charge in [0.2, 0.25) is 11.8 Å². The molecule has 0 N–H and O–H groups in total. The van der Waals surface area contributed by atoms with E-state index in [4.69, 9.17) is 14.7 Å². The lowest BCUT2D eigenvalue weighted by Gasteiger charge is -2.36. The van der Waals surface area contributed by atoms with Crippen LogP contribution in [0.1, 0.15) is 61.1 Å². The minimum atomic E-state index is -0.384. The average molecular weight is 474 g/mol. The lowest BCUT2D eigenvalue weighted by Crippen LogP contribution is -2.34. The normalized spacial score (nSPS) is 17.9. The van der Waals surface area contributed by atoms with Crippen molar-refractivity contribution >= 4 is 17.3 Å². The van der Waals surface area contributed by atoms with Crippen LogP contribution in [0.5, 0.6) is 11.8 Å². The molecule has 0 aliphatic carbocycles. The maximum atomic E-state index is 11.7. The quantitative estimate of drug-likeness (QED) is 0.314. The van der Waals surface area contributed by atoms with Crippen molar-refractivity contribution in [1.82, 2.24) is 19.9 Å². The van der Waals surface area contributed by atoms with E-state index in [2.05, 4.69) is 19.8 Å². The Morgan fingerprint density at radius 1 is 0.800 bits per heavy atom. The van der Waals surface area contributed by atoms with Crippen LogP contribution in [0.25, 0.3) is 0 Å².